The number of hydrogen-bond acceptors (Lipinski definition) is 3. The minimum Gasteiger partial charge on any atom is -0.479 e. The van der Waals surface area contributed by atoms with Crippen LogP contribution in [0, 0.1) is 0 Å². The van der Waals surface area contributed by atoms with Crippen molar-refractivity contribution in [2.45, 2.75) is 19.6 Å². The normalized spacial score (nSPS) is 12.8. The van der Waals surface area contributed by atoms with Crippen molar-refractivity contribution in [3.63, 3.8) is 0 Å². The van der Waals surface area contributed by atoms with Gasteiger partial charge in [-0.05, 0) is 35.0 Å². The zero-order valence-corrected chi connectivity index (χ0v) is 8.58. The molecule has 1 N–H and O–H groups in total. The fraction of sp³-hybridized carbons (Fsp3) is 0.375. The van der Waals surface area contributed by atoms with Gasteiger partial charge in [-0.2, -0.15) is 0 Å². The van der Waals surface area contributed by atoms with Crippen molar-refractivity contribution in [1.29, 1.82) is 0 Å². The third kappa shape index (κ3) is 3.20. The highest BCUT2D eigenvalue weighted by molar-refractivity contribution is 9.10. The molecule has 4 nitrogen and oxygen atoms in total. The summed E-state index contributed by atoms with van der Waals surface area (Å²) in [6.45, 7) is 1.64. The van der Waals surface area contributed by atoms with E-state index in [1.165, 1.54) is 6.92 Å². The topological polar surface area (TPSA) is 59.7 Å². The standard InChI is InChI=1S/C8H9BrO4/c1-5(8(10)11)12-4-6-2-3-7(9)13-6/h2-3,5H,4H2,1H3,(H,10,11)/t5-/m0/s1. The fourth-order valence-electron chi connectivity index (χ4n) is 0.708. The molecular weight excluding hydrogens is 240 g/mol. The minimum atomic E-state index is -0.981. The minimum absolute atomic E-state index is 0.166. The van der Waals surface area contributed by atoms with E-state index in [0.29, 0.717) is 10.4 Å². The highest BCUT2D eigenvalue weighted by Crippen LogP contribution is 2.15. The van der Waals surface area contributed by atoms with Gasteiger partial charge in [0, 0.05) is 0 Å². The summed E-state index contributed by atoms with van der Waals surface area (Å²) in [6, 6.07) is 3.45. The van der Waals surface area contributed by atoms with Crippen LogP contribution in [0.3, 0.4) is 0 Å². The number of ether oxygens (including phenoxy) is 1. The van der Waals surface area contributed by atoms with Gasteiger partial charge in [-0.25, -0.2) is 4.79 Å². The maximum absolute atomic E-state index is 10.4. The molecule has 1 heterocycles. The maximum atomic E-state index is 10.4. The lowest BCUT2D eigenvalue weighted by Crippen LogP contribution is -2.19. The summed E-state index contributed by atoms with van der Waals surface area (Å²) < 4.78 is 10.7. The van der Waals surface area contributed by atoms with Crippen molar-refractivity contribution in [1.82, 2.24) is 0 Å². The number of halogens is 1. The molecule has 72 valence electrons. The van der Waals surface area contributed by atoms with Crippen molar-refractivity contribution >= 4 is 21.9 Å². The van der Waals surface area contributed by atoms with Crippen molar-refractivity contribution in [3.8, 4) is 0 Å². The Morgan fingerprint density at radius 1 is 1.77 bits per heavy atom. The molecular formula is C8H9BrO4. The van der Waals surface area contributed by atoms with Crippen LogP contribution >= 0.6 is 15.9 Å². The molecule has 0 aliphatic rings. The van der Waals surface area contributed by atoms with Crippen molar-refractivity contribution in [3.05, 3.63) is 22.6 Å². The van der Waals surface area contributed by atoms with Crippen LogP contribution in [-0.4, -0.2) is 17.2 Å². The summed E-state index contributed by atoms with van der Waals surface area (Å²) in [5.74, 6) is -0.384. The lowest BCUT2D eigenvalue weighted by molar-refractivity contribution is -0.150. The van der Waals surface area contributed by atoms with Gasteiger partial charge in [0.15, 0.2) is 10.8 Å². The monoisotopic (exact) mass is 248 g/mol. The first-order valence-electron chi connectivity index (χ1n) is 3.68. The molecule has 0 saturated carbocycles. The molecule has 0 bridgehead atoms. The van der Waals surface area contributed by atoms with Crippen molar-refractivity contribution in [2.75, 3.05) is 0 Å². The lowest BCUT2D eigenvalue weighted by atomic mass is 10.4. The second-order valence-corrected chi connectivity index (χ2v) is 3.28. The first-order chi connectivity index (χ1) is 6.09. The zero-order chi connectivity index (χ0) is 9.84. The van der Waals surface area contributed by atoms with Crippen LogP contribution in [0.25, 0.3) is 0 Å². The highest BCUT2D eigenvalue weighted by atomic mass is 79.9. The number of furan rings is 1. The van der Waals surface area contributed by atoms with Crippen LogP contribution < -0.4 is 0 Å². The summed E-state index contributed by atoms with van der Waals surface area (Å²) in [5, 5.41) is 8.50. The Morgan fingerprint density at radius 2 is 2.46 bits per heavy atom. The van der Waals surface area contributed by atoms with Gasteiger partial charge in [0.05, 0.1) is 0 Å². The van der Waals surface area contributed by atoms with Crippen LogP contribution in [0.4, 0.5) is 0 Å². The smallest absolute Gasteiger partial charge is 0.332 e. The number of aliphatic carboxylic acids is 1. The Kier molecular flexibility index (Phi) is 3.50. The molecule has 1 rings (SSSR count). The Labute approximate surface area is 83.6 Å². The molecule has 0 saturated heterocycles. The van der Waals surface area contributed by atoms with E-state index in [1.54, 1.807) is 12.1 Å². The third-order valence-electron chi connectivity index (χ3n) is 1.45. The average Bonchev–Trinajstić information content (AvgIpc) is 2.47. The third-order valence-corrected chi connectivity index (χ3v) is 1.88. The van der Waals surface area contributed by atoms with E-state index in [-0.39, 0.29) is 6.61 Å². The number of hydrogen-bond donors (Lipinski definition) is 1. The first-order valence-corrected chi connectivity index (χ1v) is 4.47. The van der Waals surface area contributed by atoms with Crippen LogP contribution in [0.15, 0.2) is 21.2 Å². The van der Waals surface area contributed by atoms with Gasteiger partial charge in [-0.15, -0.1) is 0 Å². The molecule has 0 aromatic carbocycles. The second kappa shape index (κ2) is 4.43. The van der Waals surface area contributed by atoms with E-state index in [0.717, 1.165) is 0 Å². The fourth-order valence-corrected chi connectivity index (χ4v) is 1.05. The average molecular weight is 249 g/mol. The lowest BCUT2D eigenvalue weighted by Gasteiger charge is -2.05. The quantitative estimate of drug-likeness (QED) is 0.886. The van der Waals surface area contributed by atoms with Gasteiger partial charge in [-0.1, -0.05) is 0 Å². The van der Waals surface area contributed by atoms with Gasteiger partial charge < -0.3 is 14.3 Å². The first kappa shape index (κ1) is 10.3. The van der Waals surface area contributed by atoms with Gasteiger partial charge in [0.1, 0.15) is 12.4 Å². The molecule has 0 fully saturated rings. The van der Waals surface area contributed by atoms with E-state index in [1.807, 2.05) is 0 Å². The summed E-state index contributed by atoms with van der Waals surface area (Å²) in [6.07, 6.45) is -0.816. The Balaban J connectivity index is 2.39. The summed E-state index contributed by atoms with van der Waals surface area (Å²) in [5.41, 5.74) is 0. The predicted molar refractivity (Wildman–Crippen MR) is 48.3 cm³/mol. The second-order valence-electron chi connectivity index (χ2n) is 2.50. The molecule has 0 spiro atoms. The highest BCUT2D eigenvalue weighted by Gasteiger charge is 2.11. The Bertz CT molecular complexity index is 294. The van der Waals surface area contributed by atoms with Crippen LogP contribution in [0.2, 0.25) is 0 Å². The van der Waals surface area contributed by atoms with E-state index in [2.05, 4.69) is 15.9 Å². The van der Waals surface area contributed by atoms with E-state index >= 15 is 0 Å². The Morgan fingerprint density at radius 3 is 2.92 bits per heavy atom. The van der Waals surface area contributed by atoms with E-state index < -0.39 is 12.1 Å². The molecule has 1 aromatic rings. The van der Waals surface area contributed by atoms with Gasteiger partial charge >= 0.3 is 5.97 Å². The van der Waals surface area contributed by atoms with Gasteiger partial charge in [-0.3, -0.25) is 0 Å². The van der Waals surface area contributed by atoms with Gasteiger partial charge in [0.2, 0.25) is 0 Å². The number of carboxylic acid groups (broad SMARTS) is 1. The molecule has 1 atom stereocenters. The van der Waals surface area contributed by atoms with Crippen molar-refractivity contribution in [2.24, 2.45) is 0 Å². The summed E-state index contributed by atoms with van der Waals surface area (Å²) >= 11 is 3.13. The van der Waals surface area contributed by atoms with Gasteiger partial charge in [0.25, 0.3) is 0 Å². The molecule has 0 unspecified atom stereocenters. The van der Waals surface area contributed by atoms with Crippen LogP contribution in [-0.2, 0) is 16.1 Å². The van der Waals surface area contributed by atoms with Crippen LogP contribution in [0.1, 0.15) is 12.7 Å². The molecule has 13 heavy (non-hydrogen) atoms. The number of carboxylic acids is 1. The van der Waals surface area contributed by atoms with Crippen LogP contribution in [0.5, 0.6) is 0 Å². The SMILES string of the molecule is C[C@H](OCc1ccc(Br)o1)C(=O)O. The molecule has 0 aliphatic carbocycles. The molecule has 0 amide bonds. The number of rotatable bonds is 4. The number of carbonyl (C=O) groups is 1. The van der Waals surface area contributed by atoms with E-state index in [4.69, 9.17) is 14.3 Å². The van der Waals surface area contributed by atoms with Crippen molar-refractivity contribution < 1.29 is 19.1 Å². The maximum Gasteiger partial charge on any atom is 0.332 e. The predicted octanol–water partition coefficient (Wildman–Crippen LogP) is 2.03. The Hall–Kier alpha value is -0.810. The molecule has 0 radical (unpaired) electrons. The molecule has 0 aliphatic heterocycles. The molecule has 5 heteroatoms. The molecule has 1 aromatic heterocycles. The summed E-state index contributed by atoms with van der Waals surface area (Å²) in [7, 11) is 0. The summed E-state index contributed by atoms with van der Waals surface area (Å²) in [4.78, 5) is 10.4. The largest absolute Gasteiger partial charge is 0.479 e. The zero-order valence-electron chi connectivity index (χ0n) is 6.99. The van der Waals surface area contributed by atoms with E-state index in [9.17, 15) is 4.79 Å².